The summed E-state index contributed by atoms with van der Waals surface area (Å²) < 4.78 is 39.0. The van der Waals surface area contributed by atoms with E-state index in [0.29, 0.717) is 12.0 Å². The van der Waals surface area contributed by atoms with Gasteiger partial charge in [0.05, 0.1) is 11.8 Å². The van der Waals surface area contributed by atoms with E-state index in [2.05, 4.69) is 5.10 Å². The lowest BCUT2D eigenvalue weighted by atomic mass is 9.92. The Bertz CT molecular complexity index is 646. The molecule has 0 aromatic carbocycles. The molecule has 1 aromatic heterocycles. The molecular weight excluding hydrogens is 341 g/mol. The summed E-state index contributed by atoms with van der Waals surface area (Å²) in [6, 6.07) is -0.222. The molecule has 10 heteroatoms. The minimum Gasteiger partial charge on any atom is -0.376 e. The van der Waals surface area contributed by atoms with Gasteiger partial charge in [-0.3, -0.25) is 14.3 Å². The third-order valence-electron chi connectivity index (χ3n) is 4.49. The highest BCUT2D eigenvalue weighted by atomic mass is 19.4. The largest absolute Gasteiger partial charge is 0.423 e. The number of hydrogen-bond acceptors (Lipinski definition) is 4. The van der Waals surface area contributed by atoms with Crippen molar-refractivity contribution in [1.82, 2.24) is 19.6 Å². The van der Waals surface area contributed by atoms with E-state index in [1.165, 1.54) is 15.8 Å². The van der Waals surface area contributed by atoms with Crippen molar-refractivity contribution in [2.24, 2.45) is 13.0 Å². The molecule has 1 fully saturated rings. The Morgan fingerprint density at radius 3 is 2.56 bits per heavy atom. The fourth-order valence-corrected chi connectivity index (χ4v) is 3.11. The van der Waals surface area contributed by atoms with Crippen LogP contribution in [0.3, 0.4) is 0 Å². The molecule has 0 bridgehead atoms. The molecule has 140 valence electrons. The fourth-order valence-electron chi connectivity index (χ4n) is 3.11. The van der Waals surface area contributed by atoms with Crippen LogP contribution in [0.25, 0.3) is 0 Å². The molecule has 2 heterocycles. The Balaban J connectivity index is 2.01. The lowest BCUT2D eigenvalue weighted by molar-refractivity contribution is -0.211. The number of aliphatic hydroxyl groups excluding tert-OH is 1. The molecule has 7 nitrogen and oxygen atoms in total. The number of likely N-dealkylation sites (tertiary alicyclic amines) is 1. The normalized spacial score (nSPS) is 22.6. The van der Waals surface area contributed by atoms with Crippen molar-refractivity contribution in [3.63, 3.8) is 0 Å². The van der Waals surface area contributed by atoms with Crippen molar-refractivity contribution in [3.05, 3.63) is 18.0 Å². The zero-order valence-electron chi connectivity index (χ0n) is 14.2. The van der Waals surface area contributed by atoms with Crippen molar-refractivity contribution in [1.29, 1.82) is 0 Å². The van der Waals surface area contributed by atoms with E-state index in [-0.39, 0.29) is 31.0 Å². The summed E-state index contributed by atoms with van der Waals surface area (Å²) in [7, 11) is 3.31. The first-order valence-corrected chi connectivity index (χ1v) is 7.81. The van der Waals surface area contributed by atoms with Crippen LogP contribution in [-0.4, -0.2) is 75.0 Å². The van der Waals surface area contributed by atoms with Crippen LogP contribution in [0, 0.1) is 5.92 Å². The summed E-state index contributed by atoms with van der Waals surface area (Å²) in [5.41, 5.74) is 0.420. The SMILES string of the molecule is C[C@@H]1CN(C(=O)[C@@H](O)C(F)(F)F)CC[C@@H]1N(C)C(=O)c1cnn(C)c1. The second kappa shape index (κ2) is 7.03. The summed E-state index contributed by atoms with van der Waals surface area (Å²) >= 11 is 0. The Hall–Kier alpha value is -2.10. The van der Waals surface area contributed by atoms with Gasteiger partial charge in [0.2, 0.25) is 6.10 Å². The molecule has 0 saturated carbocycles. The summed E-state index contributed by atoms with van der Waals surface area (Å²) in [5, 5.41) is 13.1. The lowest BCUT2D eigenvalue weighted by Gasteiger charge is -2.41. The Kier molecular flexibility index (Phi) is 5.40. The third kappa shape index (κ3) is 4.12. The number of carbonyl (C=O) groups is 2. The molecule has 1 saturated heterocycles. The monoisotopic (exact) mass is 362 g/mol. The van der Waals surface area contributed by atoms with Gasteiger partial charge in [-0.25, -0.2) is 0 Å². The second-order valence-electron chi connectivity index (χ2n) is 6.38. The first-order valence-electron chi connectivity index (χ1n) is 7.81. The molecule has 1 N–H and O–H groups in total. The third-order valence-corrected chi connectivity index (χ3v) is 4.49. The first-order chi connectivity index (χ1) is 11.5. The summed E-state index contributed by atoms with van der Waals surface area (Å²) in [5.74, 6) is -1.82. The molecule has 1 aromatic rings. The number of aryl methyl sites for hydroxylation is 1. The summed E-state index contributed by atoms with van der Waals surface area (Å²) in [6.07, 6.45) is -4.63. The first kappa shape index (κ1) is 19.2. The average Bonchev–Trinajstić information content (AvgIpc) is 2.97. The molecule has 3 atom stereocenters. The quantitative estimate of drug-likeness (QED) is 0.857. The maximum absolute atomic E-state index is 12.5. The van der Waals surface area contributed by atoms with Gasteiger partial charge in [0.15, 0.2) is 0 Å². The minimum atomic E-state index is -4.98. The number of halogens is 3. The van der Waals surface area contributed by atoms with Crippen LogP contribution >= 0.6 is 0 Å². The smallest absolute Gasteiger partial charge is 0.376 e. The summed E-state index contributed by atoms with van der Waals surface area (Å²) in [4.78, 5) is 26.8. The number of alkyl halides is 3. The maximum atomic E-state index is 12.5. The van der Waals surface area contributed by atoms with Gasteiger partial charge in [0.1, 0.15) is 0 Å². The number of aromatic nitrogens is 2. The number of rotatable bonds is 3. The van der Waals surface area contributed by atoms with Crippen molar-refractivity contribution >= 4 is 11.8 Å². The molecule has 0 radical (unpaired) electrons. The van der Waals surface area contributed by atoms with Gasteiger partial charge in [-0.2, -0.15) is 18.3 Å². The zero-order chi connectivity index (χ0) is 18.9. The molecular formula is C15H21F3N4O3. The predicted octanol–water partition coefficient (Wildman–Crippen LogP) is 0.652. The van der Waals surface area contributed by atoms with Crippen LogP contribution in [0.4, 0.5) is 13.2 Å². The predicted molar refractivity (Wildman–Crippen MR) is 81.5 cm³/mol. The van der Waals surface area contributed by atoms with Crippen molar-refractivity contribution in [2.45, 2.75) is 31.7 Å². The number of amides is 2. The van der Waals surface area contributed by atoms with Gasteiger partial charge in [-0.1, -0.05) is 6.92 Å². The topological polar surface area (TPSA) is 78.7 Å². The minimum absolute atomic E-state index is 0.0430. The highest BCUT2D eigenvalue weighted by Gasteiger charge is 2.46. The van der Waals surface area contributed by atoms with E-state index in [9.17, 15) is 22.8 Å². The number of aliphatic hydroxyl groups is 1. The number of carbonyl (C=O) groups excluding carboxylic acids is 2. The lowest BCUT2D eigenvalue weighted by Crippen LogP contribution is -2.55. The van der Waals surface area contributed by atoms with E-state index in [4.69, 9.17) is 5.11 Å². The van der Waals surface area contributed by atoms with Crippen LogP contribution < -0.4 is 0 Å². The number of hydrogen-bond donors (Lipinski definition) is 1. The van der Waals surface area contributed by atoms with Gasteiger partial charge in [0.25, 0.3) is 11.8 Å². The van der Waals surface area contributed by atoms with E-state index < -0.39 is 18.2 Å². The molecule has 25 heavy (non-hydrogen) atoms. The standard InChI is InChI=1S/C15H21F3N4O3/c1-9-7-22(14(25)12(23)15(16,17)18)5-4-11(9)21(3)13(24)10-6-19-20(2)8-10/h6,8-9,11-12,23H,4-5,7H2,1-3H3/t9-,11+,12-/m1/s1. The molecule has 1 aliphatic rings. The average molecular weight is 362 g/mol. The van der Waals surface area contributed by atoms with E-state index in [1.807, 2.05) is 0 Å². The molecule has 1 aliphatic heterocycles. The van der Waals surface area contributed by atoms with Gasteiger partial charge in [-0.15, -0.1) is 0 Å². The van der Waals surface area contributed by atoms with Crippen molar-refractivity contribution < 1.29 is 27.9 Å². The number of piperidine rings is 1. The van der Waals surface area contributed by atoms with Crippen LogP contribution in [0.15, 0.2) is 12.4 Å². The van der Waals surface area contributed by atoms with Gasteiger partial charge in [-0.05, 0) is 12.3 Å². The van der Waals surface area contributed by atoms with Crippen LogP contribution in [0.1, 0.15) is 23.7 Å². The van der Waals surface area contributed by atoms with Crippen LogP contribution in [0.2, 0.25) is 0 Å². The van der Waals surface area contributed by atoms with E-state index in [0.717, 1.165) is 4.90 Å². The second-order valence-corrected chi connectivity index (χ2v) is 6.38. The van der Waals surface area contributed by atoms with Gasteiger partial charge in [0, 0.05) is 39.4 Å². The van der Waals surface area contributed by atoms with E-state index >= 15 is 0 Å². The Labute approximate surface area is 143 Å². The van der Waals surface area contributed by atoms with Crippen molar-refractivity contribution in [2.75, 3.05) is 20.1 Å². The summed E-state index contributed by atoms with van der Waals surface area (Å²) in [6.45, 7) is 1.85. The highest BCUT2D eigenvalue weighted by Crippen LogP contribution is 2.26. The number of nitrogens with zero attached hydrogens (tertiary/aromatic N) is 4. The molecule has 0 spiro atoms. The molecule has 2 amide bonds. The van der Waals surface area contributed by atoms with Crippen LogP contribution in [-0.2, 0) is 11.8 Å². The zero-order valence-corrected chi connectivity index (χ0v) is 14.2. The molecule has 2 rings (SSSR count). The van der Waals surface area contributed by atoms with Crippen molar-refractivity contribution in [3.8, 4) is 0 Å². The molecule has 0 aliphatic carbocycles. The highest BCUT2D eigenvalue weighted by molar-refractivity contribution is 5.93. The maximum Gasteiger partial charge on any atom is 0.423 e. The van der Waals surface area contributed by atoms with Crippen LogP contribution in [0.5, 0.6) is 0 Å². The van der Waals surface area contributed by atoms with Gasteiger partial charge >= 0.3 is 6.18 Å². The van der Waals surface area contributed by atoms with E-state index in [1.54, 1.807) is 27.2 Å². The molecule has 0 unspecified atom stereocenters. The Morgan fingerprint density at radius 2 is 2.08 bits per heavy atom. The Morgan fingerprint density at radius 1 is 1.44 bits per heavy atom. The fraction of sp³-hybridized carbons (Fsp3) is 0.667. The van der Waals surface area contributed by atoms with Gasteiger partial charge < -0.3 is 14.9 Å².